The maximum absolute atomic E-state index is 10.8. The first-order valence-electron chi connectivity index (χ1n) is 5.12. The molecule has 3 N–H and O–H groups in total. The summed E-state index contributed by atoms with van der Waals surface area (Å²) in [5.74, 6) is -0.205. The number of carbonyl (C=O) groups is 1. The second kappa shape index (κ2) is 4.28. The van der Waals surface area contributed by atoms with Gasteiger partial charge in [-0.2, -0.15) is 5.10 Å². The van der Waals surface area contributed by atoms with Crippen LogP contribution in [0.3, 0.4) is 0 Å². The molecule has 0 aliphatic heterocycles. The number of aryl methyl sites for hydroxylation is 3. The minimum atomic E-state index is -1.11. The first-order valence-corrected chi connectivity index (χ1v) is 5.12. The standard InChI is InChI=1S/C10H13N5O2/c1-7-12-2-3-14(7)4-5-15-6-8(11)9(13-15)10(16)17/h2-3,6H,4-5,11H2,1H3,(H,16,17). The van der Waals surface area contributed by atoms with E-state index < -0.39 is 5.97 Å². The van der Waals surface area contributed by atoms with Gasteiger partial charge in [0.05, 0.1) is 12.2 Å². The molecule has 0 atom stereocenters. The van der Waals surface area contributed by atoms with Gasteiger partial charge in [-0.3, -0.25) is 4.68 Å². The van der Waals surface area contributed by atoms with E-state index in [1.165, 1.54) is 10.9 Å². The molecule has 0 amide bonds. The fourth-order valence-corrected chi connectivity index (χ4v) is 1.57. The van der Waals surface area contributed by atoms with Crippen molar-refractivity contribution in [3.05, 3.63) is 30.1 Å². The van der Waals surface area contributed by atoms with Crippen LogP contribution in [0.5, 0.6) is 0 Å². The molecular formula is C10H13N5O2. The Kier molecular flexibility index (Phi) is 2.82. The van der Waals surface area contributed by atoms with Gasteiger partial charge in [0.25, 0.3) is 0 Å². The predicted octanol–water partition coefficient (Wildman–Crippen LogP) is 0.369. The fourth-order valence-electron chi connectivity index (χ4n) is 1.57. The van der Waals surface area contributed by atoms with Crippen molar-refractivity contribution in [1.82, 2.24) is 19.3 Å². The minimum absolute atomic E-state index is 0.104. The Labute approximate surface area is 97.5 Å². The summed E-state index contributed by atoms with van der Waals surface area (Å²) in [7, 11) is 0. The van der Waals surface area contributed by atoms with Crippen LogP contribution >= 0.6 is 0 Å². The molecule has 2 aromatic rings. The van der Waals surface area contributed by atoms with Crippen LogP contribution in [0.15, 0.2) is 18.6 Å². The van der Waals surface area contributed by atoms with E-state index in [0.717, 1.165) is 5.82 Å². The summed E-state index contributed by atoms with van der Waals surface area (Å²) in [5.41, 5.74) is 5.61. The van der Waals surface area contributed by atoms with Crippen molar-refractivity contribution in [3.63, 3.8) is 0 Å². The average Bonchev–Trinajstić information content (AvgIpc) is 2.82. The number of carboxylic acid groups (broad SMARTS) is 1. The van der Waals surface area contributed by atoms with Gasteiger partial charge in [0.2, 0.25) is 0 Å². The number of anilines is 1. The summed E-state index contributed by atoms with van der Waals surface area (Å²) in [6.45, 7) is 3.13. The molecular weight excluding hydrogens is 222 g/mol. The topological polar surface area (TPSA) is 99.0 Å². The van der Waals surface area contributed by atoms with E-state index in [0.29, 0.717) is 13.1 Å². The molecule has 7 nitrogen and oxygen atoms in total. The smallest absolute Gasteiger partial charge is 0.358 e. The summed E-state index contributed by atoms with van der Waals surface area (Å²) in [6, 6.07) is 0. The van der Waals surface area contributed by atoms with Gasteiger partial charge in [-0.1, -0.05) is 0 Å². The largest absolute Gasteiger partial charge is 0.476 e. The molecule has 0 saturated heterocycles. The lowest BCUT2D eigenvalue weighted by Gasteiger charge is -2.04. The predicted molar refractivity (Wildman–Crippen MR) is 60.6 cm³/mol. The zero-order valence-corrected chi connectivity index (χ0v) is 9.37. The Morgan fingerprint density at radius 1 is 1.53 bits per heavy atom. The second-order valence-corrected chi connectivity index (χ2v) is 3.67. The zero-order valence-electron chi connectivity index (χ0n) is 9.37. The van der Waals surface area contributed by atoms with Crippen molar-refractivity contribution in [3.8, 4) is 0 Å². The van der Waals surface area contributed by atoms with Crippen LogP contribution in [0.2, 0.25) is 0 Å². The highest BCUT2D eigenvalue weighted by Crippen LogP contribution is 2.09. The number of carboxylic acids is 1. The molecule has 0 saturated carbocycles. The van der Waals surface area contributed by atoms with E-state index >= 15 is 0 Å². The molecule has 7 heteroatoms. The number of aromatic nitrogens is 4. The number of hydrogen-bond acceptors (Lipinski definition) is 4. The highest BCUT2D eigenvalue weighted by atomic mass is 16.4. The van der Waals surface area contributed by atoms with Crippen molar-refractivity contribution < 1.29 is 9.90 Å². The van der Waals surface area contributed by atoms with Crippen LogP contribution in [-0.2, 0) is 13.1 Å². The molecule has 2 rings (SSSR count). The number of nitrogens with two attached hydrogens (primary N) is 1. The molecule has 2 heterocycles. The number of nitrogen functional groups attached to an aromatic ring is 1. The molecule has 90 valence electrons. The summed E-state index contributed by atoms with van der Waals surface area (Å²) in [6.07, 6.45) is 5.10. The Hall–Kier alpha value is -2.31. The van der Waals surface area contributed by atoms with Crippen molar-refractivity contribution in [2.45, 2.75) is 20.0 Å². The summed E-state index contributed by atoms with van der Waals surface area (Å²) >= 11 is 0. The van der Waals surface area contributed by atoms with Crippen LogP contribution in [0.25, 0.3) is 0 Å². The Bertz CT molecular complexity index is 543. The first-order chi connectivity index (χ1) is 8.08. The van der Waals surface area contributed by atoms with E-state index in [1.807, 2.05) is 17.7 Å². The maximum Gasteiger partial charge on any atom is 0.358 e. The maximum atomic E-state index is 10.8. The third-order valence-corrected chi connectivity index (χ3v) is 2.49. The summed E-state index contributed by atoms with van der Waals surface area (Å²) in [5, 5.41) is 12.7. The Morgan fingerprint density at radius 2 is 2.29 bits per heavy atom. The number of hydrogen-bond donors (Lipinski definition) is 2. The molecule has 0 radical (unpaired) electrons. The molecule has 0 aliphatic carbocycles. The van der Waals surface area contributed by atoms with E-state index in [-0.39, 0.29) is 11.4 Å². The lowest BCUT2D eigenvalue weighted by molar-refractivity contribution is 0.0690. The van der Waals surface area contributed by atoms with Crippen molar-refractivity contribution in [2.75, 3.05) is 5.73 Å². The van der Waals surface area contributed by atoms with E-state index in [9.17, 15) is 4.79 Å². The van der Waals surface area contributed by atoms with Gasteiger partial charge in [0.15, 0.2) is 5.69 Å². The molecule has 0 bridgehead atoms. The highest BCUT2D eigenvalue weighted by Gasteiger charge is 2.12. The number of aromatic carboxylic acids is 1. The van der Waals surface area contributed by atoms with Crippen LogP contribution < -0.4 is 5.73 Å². The van der Waals surface area contributed by atoms with Gasteiger partial charge in [-0.25, -0.2) is 9.78 Å². The summed E-state index contributed by atoms with van der Waals surface area (Å²) in [4.78, 5) is 14.8. The van der Waals surface area contributed by atoms with Crippen molar-refractivity contribution >= 4 is 11.7 Å². The molecule has 0 aliphatic rings. The lowest BCUT2D eigenvalue weighted by atomic mass is 10.4. The van der Waals surface area contributed by atoms with Crippen LogP contribution in [0.1, 0.15) is 16.3 Å². The zero-order chi connectivity index (χ0) is 12.4. The molecule has 0 unspecified atom stereocenters. The molecule has 0 aromatic carbocycles. The van der Waals surface area contributed by atoms with Gasteiger partial charge >= 0.3 is 5.97 Å². The Morgan fingerprint density at radius 3 is 2.82 bits per heavy atom. The highest BCUT2D eigenvalue weighted by molar-refractivity contribution is 5.91. The normalized spacial score (nSPS) is 10.6. The van der Waals surface area contributed by atoms with Gasteiger partial charge in [0, 0.05) is 25.1 Å². The van der Waals surface area contributed by atoms with Crippen LogP contribution in [-0.4, -0.2) is 30.4 Å². The van der Waals surface area contributed by atoms with Gasteiger partial charge < -0.3 is 15.4 Å². The molecule has 17 heavy (non-hydrogen) atoms. The van der Waals surface area contributed by atoms with E-state index in [4.69, 9.17) is 10.8 Å². The van der Waals surface area contributed by atoms with Crippen molar-refractivity contribution in [1.29, 1.82) is 0 Å². The monoisotopic (exact) mass is 235 g/mol. The molecule has 2 aromatic heterocycles. The van der Waals surface area contributed by atoms with E-state index in [1.54, 1.807) is 6.20 Å². The van der Waals surface area contributed by atoms with Gasteiger partial charge in [0.1, 0.15) is 5.82 Å². The second-order valence-electron chi connectivity index (χ2n) is 3.67. The van der Waals surface area contributed by atoms with Crippen molar-refractivity contribution in [2.24, 2.45) is 0 Å². The number of imidazole rings is 1. The third-order valence-electron chi connectivity index (χ3n) is 2.49. The van der Waals surface area contributed by atoms with E-state index in [2.05, 4.69) is 10.1 Å². The fraction of sp³-hybridized carbons (Fsp3) is 0.300. The third kappa shape index (κ3) is 2.27. The minimum Gasteiger partial charge on any atom is -0.476 e. The Balaban J connectivity index is 2.07. The summed E-state index contributed by atoms with van der Waals surface area (Å²) < 4.78 is 3.48. The molecule has 0 spiro atoms. The first kappa shape index (κ1) is 11.2. The number of nitrogens with zero attached hydrogens (tertiary/aromatic N) is 4. The van der Waals surface area contributed by atoms with Crippen LogP contribution in [0, 0.1) is 6.92 Å². The molecule has 0 fully saturated rings. The SMILES string of the molecule is Cc1nccn1CCn1cc(N)c(C(=O)O)n1. The van der Waals surface area contributed by atoms with Crippen LogP contribution in [0.4, 0.5) is 5.69 Å². The quantitative estimate of drug-likeness (QED) is 0.797. The number of rotatable bonds is 4. The average molecular weight is 235 g/mol. The van der Waals surface area contributed by atoms with Gasteiger partial charge in [-0.05, 0) is 6.92 Å². The van der Waals surface area contributed by atoms with Gasteiger partial charge in [-0.15, -0.1) is 0 Å². The lowest BCUT2D eigenvalue weighted by Crippen LogP contribution is -2.09.